The highest BCUT2D eigenvalue weighted by Crippen LogP contribution is 2.32. The number of ether oxygens (including phenoxy) is 1. The minimum Gasteiger partial charge on any atom is -0.494 e. The van der Waals surface area contributed by atoms with Gasteiger partial charge in [0.15, 0.2) is 0 Å². The van der Waals surface area contributed by atoms with Crippen LogP contribution < -0.4 is 10.2 Å². The molecule has 8 nitrogen and oxygen atoms in total. The average molecular weight is 428 g/mol. The van der Waals surface area contributed by atoms with E-state index in [0.717, 1.165) is 11.3 Å². The maximum Gasteiger partial charge on any atom is 0.270 e. The van der Waals surface area contributed by atoms with Gasteiger partial charge >= 0.3 is 0 Å². The molecule has 9 heteroatoms. The first-order valence-electron chi connectivity index (χ1n) is 9.04. The van der Waals surface area contributed by atoms with E-state index in [1.54, 1.807) is 12.1 Å². The summed E-state index contributed by atoms with van der Waals surface area (Å²) < 4.78 is 11.0. The minimum atomic E-state index is -0.522. The van der Waals surface area contributed by atoms with E-state index in [2.05, 4.69) is 10.5 Å². The molecule has 0 spiro atoms. The lowest BCUT2D eigenvalue weighted by molar-refractivity contribution is -0.384. The number of non-ortho nitro benzene ring substituents is 1. The van der Waals surface area contributed by atoms with Gasteiger partial charge in [0.1, 0.15) is 17.3 Å². The molecular formula is C21H18ClN3O5. The number of carbonyl (C=O) groups is 1. The van der Waals surface area contributed by atoms with E-state index in [4.69, 9.17) is 20.8 Å². The molecule has 0 aliphatic carbocycles. The van der Waals surface area contributed by atoms with Gasteiger partial charge in [-0.1, -0.05) is 23.7 Å². The number of hydrazone groups is 1. The third kappa shape index (κ3) is 5.45. The molecule has 1 amide bonds. The fourth-order valence-corrected chi connectivity index (χ4v) is 2.92. The zero-order chi connectivity index (χ0) is 21.5. The summed E-state index contributed by atoms with van der Waals surface area (Å²) in [6.07, 6.45) is 1.53. The number of hydrogen-bond acceptors (Lipinski definition) is 6. The monoisotopic (exact) mass is 427 g/mol. The summed E-state index contributed by atoms with van der Waals surface area (Å²) >= 11 is 6.10. The fourth-order valence-electron chi connectivity index (χ4n) is 2.65. The van der Waals surface area contributed by atoms with E-state index < -0.39 is 4.92 Å². The highest BCUT2D eigenvalue weighted by molar-refractivity contribution is 6.33. The van der Waals surface area contributed by atoms with Crippen LogP contribution >= 0.6 is 11.6 Å². The Labute approximate surface area is 177 Å². The van der Waals surface area contributed by atoms with Crippen molar-refractivity contribution in [3.63, 3.8) is 0 Å². The quantitative estimate of drug-likeness (QED) is 0.321. The Morgan fingerprint density at radius 1 is 1.23 bits per heavy atom. The summed E-state index contributed by atoms with van der Waals surface area (Å²) in [6, 6.07) is 14.7. The van der Waals surface area contributed by atoms with Crippen molar-refractivity contribution in [2.45, 2.75) is 13.3 Å². The Morgan fingerprint density at radius 2 is 2.00 bits per heavy atom. The second-order valence-electron chi connectivity index (χ2n) is 6.17. The van der Waals surface area contributed by atoms with Crippen molar-refractivity contribution >= 4 is 29.4 Å². The number of nitro groups is 1. The topological polar surface area (TPSA) is 107 Å². The number of rotatable bonds is 8. The van der Waals surface area contributed by atoms with Crippen molar-refractivity contribution < 1.29 is 18.9 Å². The van der Waals surface area contributed by atoms with E-state index in [1.807, 2.05) is 31.2 Å². The van der Waals surface area contributed by atoms with Gasteiger partial charge in [-0.2, -0.15) is 5.10 Å². The molecule has 0 fully saturated rings. The molecule has 0 saturated heterocycles. The third-order valence-electron chi connectivity index (χ3n) is 4.04. The van der Waals surface area contributed by atoms with Crippen LogP contribution in [0.15, 0.2) is 64.1 Å². The summed E-state index contributed by atoms with van der Waals surface area (Å²) in [7, 11) is 0. The van der Waals surface area contributed by atoms with Gasteiger partial charge < -0.3 is 9.15 Å². The Kier molecular flexibility index (Phi) is 6.82. The molecule has 0 aliphatic heterocycles. The van der Waals surface area contributed by atoms with Crippen molar-refractivity contribution in [1.82, 2.24) is 5.43 Å². The number of hydrogen-bond donors (Lipinski definition) is 1. The van der Waals surface area contributed by atoms with Gasteiger partial charge in [0, 0.05) is 17.7 Å². The van der Waals surface area contributed by atoms with Crippen molar-refractivity contribution in [3.8, 4) is 17.1 Å². The lowest BCUT2D eigenvalue weighted by atomic mass is 10.1. The molecule has 0 bridgehead atoms. The molecular weight excluding hydrogens is 410 g/mol. The van der Waals surface area contributed by atoms with Gasteiger partial charge in [0.05, 0.1) is 29.2 Å². The van der Waals surface area contributed by atoms with Gasteiger partial charge in [-0.25, -0.2) is 5.43 Å². The molecule has 1 N–H and O–H groups in total. The largest absolute Gasteiger partial charge is 0.494 e. The predicted octanol–water partition coefficient (Wildman–Crippen LogP) is 4.60. The number of halogens is 1. The van der Waals surface area contributed by atoms with Crippen LogP contribution in [0.25, 0.3) is 11.3 Å². The van der Waals surface area contributed by atoms with Crippen LogP contribution in [0.2, 0.25) is 5.02 Å². The predicted molar refractivity (Wildman–Crippen MR) is 113 cm³/mol. The molecule has 0 atom stereocenters. The molecule has 1 heterocycles. The minimum absolute atomic E-state index is 0.104. The molecule has 1 aromatic heterocycles. The summed E-state index contributed by atoms with van der Waals surface area (Å²) in [4.78, 5) is 22.3. The Morgan fingerprint density at radius 3 is 2.67 bits per heavy atom. The SMILES string of the molecule is CCOc1ccc(CC(=O)N/N=C\c2ccc(-c3ccc([N+](=O)[O-])cc3Cl)o2)cc1. The van der Waals surface area contributed by atoms with Crippen molar-refractivity contribution in [2.24, 2.45) is 5.10 Å². The van der Waals surface area contributed by atoms with E-state index >= 15 is 0 Å². The van der Waals surface area contributed by atoms with E-state index in [0.29, 0.717) is 23.7 Å². The average Bonchev–Trinajstić information content (AvgIpc) is 3.18. The van der Waals surface area contributed by atoms with Crippen molar-refractivity contribution in [3.05, 3.63) is 81.1 Å². The Bertz CT molecular complexity index is 1080. The maximum absolute atomic E-state index is 12.0. The number of nitrogens with zero attached hydrogens (tertiary/aromatic N) is 2. The standard InChI is InChI=1S/C21H18ClN3O5/c1-2-29-16-6-3-14(4-7-16)11-21(26)24-23-13-17-8-10-20(30-17)18-9-5-15(25(27)28)12-19(18)22/h3-10,12-13H,2,11H2,1H3,(H,24,26)/b23-13-. The molecule has 2 aromatic carbocycles. The zero-order valence-electron chi connectivity index (χ0n) is 16.0. The summed E-state index contributed by atoms with van der Waals surface area (Å²) in [6.45, 7) is 2.49. The van der Waals surface area contributed by atoms with Gasteiger partial charge in [0.25, 0.3) is 5.69 Å². The van der Waals surface area contributed by atoms with Crippen LogP contribution in [-0.4, -0.2) is 23.7 Å². The molecule has 0 saturated carbocycles. The van der Waals surface area contributed by atoms with Gasteiger partial charge in [-0.15, -0.1) is 0 Å². The second-order valence-corrected chi connectivity index (χ2v) is 6.58. The number of benzene rings is 2. The number of furan rings is 1. The van der Waals surface area contributed by atoms with Gasteiger partial charge in [-0.3, -0.25) is 14.9 Å². The second kappa shape index (κ2) is 9.71. The van der Waals surface area contributed by atoms with E-state index in [1.165, 1.54) is 24.4 Å². The first kappa shape index (κ1) is 21.1. The molecule has 154 valence electrons. The molecule has 3 aromatic rings. The van der Waals surface area contributed by atoms with Crippen LogP contribution in [0, 0.1) is 10.1 Å². The van der Waals surface area contributed by atoms with Crippen LogP contribution in [0.3, 0.4) is 0 Å². The molecule has 0 unspecified atom stereocenters. The van der Waals surface area contributed by atoms with Crippen molar-refractivity contribution in [2.75, 3.05) is 6.61 Å². The molecule has 3 rings (SSSR count). The van der Waals surface area contributed by atoms with E-state index in [9.17, 15) is 14.9 Å². The zero-order valence-corrected chi connectivity index (χ0v) is 16.8. The first-order valence-corrected chi connectivity index (χ1v) is 9.42. The number of amides is 1. The summed E-state index contributed by atoms with van der Waals surface area (Å²) in [5.41, 5.74) is 3.68. The van der Waals surface area contributed by atoms with Crippen LogP contribution in [-0.2, 0) is 11.2 Å². The highest BCUT2D eigenvalue weighted by atomic mass is 35.5. The van der Waals surface area contributed by atoms with Gasteiger partial charge in [0.2, 0.25) is 5.91 Å². The number of carbonyl (C=O) groups excluding carboxylic acids is 1. The molecule has 0 radical (unpaired) electrons. The third-order valence-corrected chi connectivity index (χ3v) is 4.35. The van der Waals surface area contributed by atoms with E-state index in [-0.39, 0.29) is 23.0 Å². The van der Waals surface area contributed by atoms with Crippen LogP contribution in [0.1, 0.15) is 18.2 Å². The summed E-state index contributed by atoms with van der Waals surface area (Å²) in [5.74, 6) is 1.29. The highest BCUT2D eigenvalue weighted by Gasteiger charge is 2.13. The summed E-state index contributed by atoms with van der Waals surface area (Å²) in [5, 5.41) is 14.9. The molecule has 0 aliphatic rings. The van der Waals surface area contributed by atoms with Crippen LogP contribution in [0.5, 0.6) is 5.75 Å². The number of nitrogens with one attached hydrogen (secondary N) is 1. The lowest BCUT2D eigenvalue weighted by Crippen LogP contribution is -2.19. The normalized spacial score (nSPS) is 10.9. The van der Waals surface area contributed by atoms with Crippen LogP contribution in [0.4, 0.5) is 5.69 Å². The van der Waals surface area contributed by atoms with Gasteiger partial charge in [-0.05, 0) is 42.8 Å². The molecule has 30 heavy (non-hydrogen) atoms. The Hall–Kier alpha value is -3.65. The van der Waals surface area contributed by atoms with Crippen molar-refractivity contribution in [1.29, 1.82) is 0 Å². The Balaban J connectivity index is 1.58. The smallest absolute Gasteiger partial charge is 0.270 e. The number of nitro benzene ring substituents is 1. The lowest BCUT2D eigenvalue weighted by Gasteiger charge is -2.04. The maximum atomic E-state index is 12.0. The fraction of sp³-hybridized carbons (Fsp3) is 0.143. The first-order chi connectivity index (χ1) is 14.5.